The number of hydrogen-bond acceptors (Lipinski definition) is 8. The molecule has 232 valence electrons. The molecule has 0 heterocycles. The number of nitrogen functional groups attached to an aromatic ring is 1. The Kier molecular flexibility index (Phi) is 17.9. The van der Waals surface area contributed by atoms with Crippen molar-refractivity contribution in [2.45, 2.75) is 97.1 Å². The van der Waals surface area contributed by atoms with Gasteiger partial charge in [0.2, 0.25) is 0 Å². The summed E-state index contributed by atoms with van der Waals surface area (Å²) in [5.41, 5.74) is 6.72. The number of anilines is 1. The van der Waals surface area contributed by atoms with Gasteiger partial charge < -0.3 is 25.8 Å². The van der Waals surface area contributed by atoms with E-state index in [1.165, 1.54) is 0 Å². The van der Waals surface area contributed by atoms with Gasteiger partial charge in [-0.1, -0.05) is 69.4 Å². The predicted octanol–water partition coefficient (Wildman–Crippen LogP) is 5.28. The lowest BCUT2D eigenvalue weighted by molar-refractivity contribution is -0.156. The van der Waals surface area contributed by atoms with E-state index in [0.717, 1.165) is 0 Å². The van der Waals surface area contributed by atoms with E-state index in [9.17, 15) is 29.7 Å². The summed E-state index contributed by atoms with van der Waals surface area (Å²) < 4.78 is 5.81. The predicted molar refractivity (Wildman–Crippen MR) is 167 cm³/mol. The third kappa shape index (κ3) is 15.6. The number of Topliss-reactive ketones (excluding diaryl/α,β-unsaturated/α-hetero) is 2. The zero-order chi connectivity index (χ0) is 31.5. The molecule has 1 aromatic rings. The average molecular weight is 584 g/mol. The highest BCUT2D eigenvalue weighted by Crippen LogP contribution is 2.25. The lowest BCUT2D eigenvalue weighted by atomic mass is 9.88. The third-order valence-corrected chi connectivity index (χ3v) is 6.92. The normalized spacial score (nSPS) is 16.5. The van der Waals surface area contributed by atoms with Crippen LogP contribution in [0.2, 0.25) is 0 Å². The van der Waals surface area contributed by atoms with Crippen LogP contribution in [0.15, 0.2) is 72.9 Å². The van der Waals surface area contributed by atoms with Gasteiger partial charge in [-0.15, -0.1) is 0 Å². The van der Waals surface area contributed by atoms with Gasteiger partial charge in [-0.3, -0.25) is 14.4 Å². The highest BCUT2D eigenvalue weighted by atomic mass is 16.5. The molecule has 8 heteroatoms. The standard InChI is InChI=1S/C34H49NO7/c1-5-7-8-9-10-11-12-13-24(3)34(42-33(41)23-31(39)21-30(38)20-28(36)6-2)25(4)14-19-29(37)22-32(40)26-15-17-27(35)18-16-26/h5,7-13,15-18,24-25,28-29,31,34,36-37,39H,6,14,19-23,35H2,1-4H3. The van der Waals surface area contributed by atoms with E-state index < -0.39 is 30.4 Å². The Labute approximate surface area is 250 Å². The van der Waals surface area contributed by atoms with Gasteiger partial charge in [-0.2, -0.15) is 0 Å². The molecule has 0 fully saturated rings. The van der Waals surface area contributed by atoms with Crippen LogP contribution in [0.3, 0.4) is 0 Å². The van der Waals surface area contributed by atoms with E-state index in [1.807, 2.05) is 69.4 Å². The molecule has 1 rings (SSSR count). The maximum Gasteiger partial charge on any atom is 0.308 e. The first-order chi connectivity index (χ1) is 20.0. The van der Waals surface area contributed by atoms with Crippen LogP contribution in [0.5, 0.6) is 0 Å². The molecule has 42 heavy (non-hydrogen) atoms. The quantitative estimate of drug-likeness (QED) is 0.0701. The number of ketones is 2. The molecule has 0 radical (unpaired) electrons. The number of carbonyl (C=O) groups is 3. The minimum absolute atomic E-state index is 0.0327. The first-order valence-electron chi connectivity index (χ1n) is 14.7. The maximum atomic E-state index is 12.8. The van der Waals surface area contributed by atoms with Crippen molar-refractivity contribution in [2.75, 3.05) is 5.73 Å². The van der Waals surface area contributed by atoms with Crippen LogP contribution in [0.25, 0.3) is 0 Å². The van der Waals surface area contributed by atoms with E-state index in [1.54, 1.807) is 31.2 Å². The molecule has 0 aliphatic carbocycles. The number of ether oxygens (including phenoxy) is 1. The Hall–Kier alpha value is -3.33. The second kappa shape index (κ2) is 20.5. The first kappa shape index (κ1) is 36.7. The molecule has 0 aliphatic rings. The molecule has 1 aromatic carbocycles. The Morgan fingerprint density at radius 2 is 1.40 bits per heavy atom. The summed E-state index contributed by atoms with van der Waals surface area (Å²) in [6.45, 7) is 7.53. The van der Waals surface area contributed by atoms with E-state index in [2.05, 4.69) is 0 Å². The number of nitrogens with two attached hydrogens (primary N) is 1. The van der Waals surface area contributed by atoms with Crippen LogP contribution in [-0.2, 0) is 14.3 Å². The fourth-order valence-corrected chi connectivity index (χ4v) is 4.40. The van der Waals surface area contributed by atoms with Crippen LogP contribution < -0.4 is 5.73 Å². The van der Waals surface area contributed by atoms with Crippen molar-refractivity contribution >= 4 is 23.2 Å². The van der Waals surface area contributed by atoms with Crippen LogP contribution in [0.1, 0.15) is 83.0 Å². The summed E-state index contributed by atoms with van der Waals surface area (Å²) in [5.74, 6) is -1.50. The van der Waals surface area contributed by atoms with Crippen molar-refractivity contribution in [3.05, 3.63) is 78.4 Å². The zero-order valence-electron chi connectivity index (χ0n) is 25.4. The molecule has 6 unspecified atom stereocenters. The minimum atomic E-state index is -1.20. The van der Waals surface area contributed by atoms with Gasteiger partial charge in [-0.25, -0.2) is 0 Å². The number of rotatable bonds is 20. The number of allylic oxidation sites excluding steroid dienone is 7. The lowest BCUT2D eigenvalue weighted by Gasteiger charge is -2.29. The maximum absolute atomic E-state index is 12.8. The van der Waals surface area contributed by atoms with E-state index in [-0.39, 0.29) is 49.1 Å². The van der Waals surface area contributed by atoms with Crippen molar-refractivity contribution in [1.29, 1.82) is 0 Å². The summed E-state index contributed by atoms with van der Waals surface area (Å²) >= 11 is 0. The third-order valence-electron chi connectivity index (χ3n) is 6.92. The van der Waals surface area contributed by atoms with Crippen molar-refractivity contribution in [3.63, 3.8) is 0 Å². The summed E-state index contributed by atoms with van der Waals surface area (Å²) in [6.07, 6.45) is 12.4. The van der Waals surface area contributed by atoms with Crippen molar-refractivity contribution in [1.82, 2.24) is 0 Å². The summed E-state index contributed by atoms with van der Waals surface area (Å²) in [6, 6.07) is 6.56. The summed E-state index contributed by atoms with van der Waals surface area (Å²) in [5, 5.41) is 30.5. The van der Waals surface area contributed by atoms with Gasteiger partial charge in [0.05, 0.1) is 24.7 Å². The van der Waals surface area contributed by atoms with Crippen molar-refractivity contribution in [3.8, 4) is 0 Å². The van der Waals surface area contributed by atoms with Crippen molar-refractivity contribution < 1.29 is 34.4 Å². The Morgan fingerprint density at radius 3 is 2.02 bits per heavy atom. The van der Waals surface area contributed by atoms with Gasteiger partial charge >= 0.3 is 5.97 Å². The minimum Gasteiger partial charge on any atom is -0.461 e. The Morgan fingerprint density at radius 1 is 0.810 bits per heavy atom. The molecule has 0 amide bonds. The first-order valence-corrected chi connectivity index (χ1v) is 14.7. The largest absolute Gasteiger partial charge is 0.461 e. The SMILES string of the molecule is CC=CC=CC=CC=CC(C)C(OC(=O)CC(O)CC(=O)CC(O)CC)C(C)CCC(O)CC(=O)c1ccc(N)cc1. The molecule has 8 nitrogen and oxygen atoms in total. The highest BCUT2D eigenvalue weighted by Gasteiger charge is 2.28. The molecule has 0 spiro atoms. The van der Waals surface area contributed by atoms with Gasteiger partial charge in [0.25, 0.3) is 0 Å². The van der Waals surface area contributed by atoms with Crippen LogP contribution in [0, 0.1) is 11.8 Å². The molecule has 0 bridgehead atoms. The summed E-state index contributed by atoms with van der Waals surface area (Å²) in [4.78, 5) is 37.4. The molecular weight excluding hydrogens is 534 g/mol. The molecular formula is C34H49NO7. The lowest BCUT2D eigenvalue weighted by Crippen LogP contribution is -2.33. The van der Waals surface area contributed by atoms with Gasteiger partial charge in [0, 0.05) is 36.4 Å². The van der Waals surface area contributed by atoms with Gasteiger partial charge in [0.1, 0.15) is 11.9 Å². The number of esters is 1. The molecule has 0 aromatic heterocycles. The average Bonchev–Trinajstić information content (AvgIpc) is 2.93. The van der Waals surface area contributed by atoms with E-state index in [0.29, 0.717) is 30.5 Å². The topological polar surface area (TPSA) is 147 Å². The van der Waals surface area contributed by atoms with Gasteiger partial charge in [0.15, 0.2) is 5.78 Å². The fraction of sp³-hybridized carbons (Fsp3) is 0.500. The smallest absolute Gasteiger partial charge is 0.308 e. The van der Waals surface area contributed by atoms with Crippen molar-refractivity contribution in [2.24, 2.45) is 11.8 Å². The molecule has 0 saturated heterocycles. The second-order valence-electron chi connectivity index (χ2n) is 10.8. The summed E-state index contributed by atoms with van der Waals surface area (Å²) in [7, 11) is 0. The van der Waals surface area contributed by atoms with E-state index in [4.69, 9.17) is 10.5 Å². The molecule has 5 N–H and O–H groups in total. The number of aliphatic hydroxyl groups excluding tert-OH is 3. The Balaban J connectivity index is 2.84. The van der Waals surface area contributed by atoms with E-state index >= 15 is 0 Å². The Bertz CT molecular complexity index is 1070. The van der Waals surface area contributed by atoms with Crippen LogP contribution in [-0.4, -0.2) is 57.3 Å². The zero-order valence-corrected chi connectivity index (χ0v) is 25.4. The molecule has 6 atom stereocenters. The molecule has 0 saturated carbocycles. The van der Waals surface area contributed by atoms with Crippen LogP contribution >= 0.6 is 0 Å². The number of hydrogen-bond donors (Lipinski definition) is 4. The molecule has 0 aliphatic heterocycles. The second-order valence-corrected chi connectivity index (χ2v) is 10.8. The number of aliphatic hydroxyl groups is 3. The fourth-order valence-electron chi connectivity index (χ4n) is 4.40. The number of carbonyl (C=O) groups excluding carboxylic acids is 3. The van der Waals surface area contributed by atoms with Gasteiger partial charge in [-0.05, 0) is 56.4 Å². The highest BCUT2D eigenvalue weighted by molar-refractivity contribution is 5.96. The number of benzene rings is 1. The van der Waals surface area contributed by atoms with Crippen LogP contribution in [0.4, 0.5) is 5.69 Å². The monoisotopic (exact) mass is 583 g/mol.